The Kier molecular flexibility index (Phi) is 4.02. The predicted molar refractivity (Wildman–Crippen MR) is 87.0 cm³/mol. The van der Waals surface area contributed by atoms with Gasteiger partial charge in [0, 0.05) is 17.6 Å². The van der Waals surface area contributed by atoms with Gasteiger partial charge in [-0.05, 0) is 49.2 Å². The number of aryl methyl sites for hydroxylation is 2. The first kappa shape index (κ1) is 14.5. The summed E-state index contributed by atoms with van der Waals surface area (Å²) in [7, 11) is 0. The quantitative estimate of drug-likeness (QED) is 0.802. The summed E-state index contributed by atoms with van der Waals surface area (Å²) < 4.78 is 5.46. The molecule has 4 nitrogen and oxygen atoms in total. The maximum Gasteiger partial charge on any atom is 0.121 e. The van der Waals surface area contributed by atoms with E-state index < -0.39 is 0 Å². The van der Waals surface area contributed by atoms with Gasteiger partial charge in [0.2, 0.25) is 0 Å². The molecule has 1 aromatic carbocycles. The zero-order chi connectivity index (χ0) is 15.5. The number of ether oxygens (including phenoxy) is 1. The van der Waals surface area contributed by atoms with Gasteiger partial charge in [0.15, 0.2) is 0 Å². The van der Waals surface area contributed by atoms with Crippen LogP contribution in [0, 0.1) is 13.8 Å². The summed E-state index contributed by atoms with van der Waals surface area (Å²) in [5.74, 6) is 0.711. The van der Waals surface area contributed by atoms with Crippen LogP contribution in [0.15, 0.2) is 42.6 Å². The first-order chi connectivity index (χ1) is 10.7. The number of pyridine rings is 2. The Bertz CT molecular complexity index is 798. The number of fused-ring (bicyclic) bond motifs is 1. The van der Waals surface area contributed by atoms with E-state index in [4.69, 9.17) is 14.8 Å². The maximum absolute atomic E-state index is 8.85. The van der Waals surface area contributed by atoms with Crippen molar-refractivity contribution in [1.29, 1.82) is 0 Å². The van der Waals surface area contributed by atoms with Crippen molar-refractivity contribution < 1.29 is 9.84 Å². The first-order valence-electron chi connectivity index (χ1n) is 7.25. The maximum atomic E-state index is 8.85. The molecule has 3 rings (SSSR count). The van der Waals surface area contributed by atoms with E-state index in [0.717, 1.165) is 33.4 Å². The minimum absolute atomic E-state index is 0.00216. The number of hydrogen-bond donors (Lipinski definition) is 1. The highest BCUT2D eigenvalue weighted by atomic mass is 16.5. The molecule has 0 saturated carbocycles. The standard InChI is InChI=1S/C18H18N2O2/c1-12-3-6-16(19-11-12)18-9-13(2)15-5-4-14(22-8-7-21)10-17(15)20-18/h3-6,9-11,21H,7-8H2,1-2H3. The molecule has 0 bridgehead atoms. The van der Waals surface area contributed by atoms with Gasteiger partial charge in [-0.15, -0.1) is 0 Å². The normalized spacial score (nSPS) is 10.9. The summed E-state index contributed by atoms with van der Waals surface area (Å²) in [5.41, 5.74) is 4.85. The molecule has 1 N–H and O–H groups in total. The Morgan fingerprint density at radius 2 is 1.91 bits per heavy atom. The molecule has 112 valence electrons. The minimum atomic E-state index is -0.00216. The Hall–Kier alpha value is -2.46. The molecule has 4 heteroatoms. The van der Waals surface area contributed by atoms with Gasteiger partial charge in [0.05, 0.1) is 23.5 Å². The highest BCUT2D eigenvalue weighted by Crippen LogP contribution is 2.26. The number of rotatable bonds is 4. The van der Waals surface area contributed by atoms with Gasteiger partial charge in [-0.1, -0.05) is 6.07 Å². The molecule has 0 spiro atoms. The van der Waals surface area contributed by atoms with Crippen LogP contribution >= 0.6 is 0 Å². The van der Waals surface area contributed by atoms with Crippen LogP contribution in [0.4, 0.5) is 0 Å². The molecule has 0 aliphatic heterocycles. The van der Waals surface area contributed by atoms with E-state index in [9.17, 15) is 0 Å². The lowest BCUT2D eigenvalue weighted by molar-refractivity contribution is 0.201. The van der Waals surface area contributed by atoms with E-state index in [2.05, 4.69) is 11.9 Å². The molecular weight excluding hydrogens is 276 g/mol. The number of aliphatic hydroxyl groups excluding tert-OH is 1. The second-order valence-corrected chi connectivity index (χ2v) is 5.30. The summed E-state index contributed by atoms with van der Waals surface area (Å²) in [4.78, 5) is 9.14. The fraction of sp³-hybridized carbons (Fsp3) is 0.222. The van der Waals surface area contributed by atoms with Crippen molar-refractivity contribution in [2.24, 2.45) is 0 Å². The molecule has 22 heavy (non-hydrogen) atoms. The van der Waals surface area contributed by atoms with Crippen molar-refractivity contribution in [3.8, 4) is 17.1 Å². The van der Waals surface area contributed by atoms with Crippen LogP contribution < -0.4 is 4.74 Å². The Morgan fingerprint density at radius 1 is 1.05 bits per heavy atom. The largest absolute Gasteiger partial charge is 0.491 e. The van der Waals surface area contributed by atoms with Crippen LogP contribution in [-0.2, 0) is 0 Å². The van der Waals surface area contributed by atoms with E-state index in [1.165, 1.54) is 0 Å². The van der Waals surface area contributed by atoms with E-state index in [0.29, 0.717) is 5.75 Å². The molecule has 2 aromatic heterocycles. The van der Waals surface area contributed by atoms with Crippen LogP contribution in [0.5, 0.6) is 5.75 Å². The Labute approximate surface area is 129 Å². The number of nitrogens with zero attached hydrogens (tertiary/aromatic N) is 2. The summed E-state index contributed by atoms with van der Waals surface area (Å²) in [6.07, 6.45) is 1.84. The Balaban J connectivity index is 2.06. The van der Waals surface area contributed by atoms with Gasteiger partial charge in [-0.2, -0.15) is 0 Å². The Morgan fingerprint density at radius 3 is 2.64 bits per heavy atom. The molecule has 0 saturated heterocycles. The molecule has 0 unspecified atom stereocenters. The van der Waals surface area contributed by atoms with Gasteiger partial charge in [-0.3, -0.25) is 4.98 Å². The molecule has 0 amide bonds. The van der Waals surface area contributed by atoms with Crippen molar-refractivity contribution in [3.63, 3.8) is 0 Å². The molecule has 3 aromatic rings. The average Bonchev–Trinajstić information content (AvgIpc) is 2.53. The number of hydrogen-bond acceptors (Lipinski definition) is 4. The monoisotopic (exact) mass is 294 g/mol. The topological polar surface area (TPSA) is 55.2 Å². The zero-order valence-corrected chi connectivity index (χ0v) is 12.7. The van der Waals surface area contributed by atoms with Crippen molar-refractivity contribution in [1.82, 2.24) is 9.97 Å². The summed E-state index contributed by atoms with van der Waals surface area (Å²) in [5, 5.41) is 9.94. The number of benzene rings is 1. The average molecular weight is 294 g/mol. The van der Waals surface area contributed by atoms with Gasteiger partial charge >= 0.3 is 0 Å². The van der Waals surface area contributed by atoms with E-state index in [1.807, 2.05) is 49.5 Å². The van der Waals surface area contributed by atoms with Crippen molar-refractivity contribution in [3.05, 3.63) is 53.7 Å². The SMILES string of the molecule is Cc1ccc(-c2cc(C)c3ccc(OCCO)cc3n2)nc1. The van der Waals surface area contributed by atoms with Crippen LogP contribution in [0.25, 0.3) is 22.3 Å². The summed E-state index contributed by atoms with van der Waals surface area (Å²) >= 11 is 0. The van der Waals surface area contributed by atoms with Gasteiger partial charge < -0.3 is 9.84 Å². The summed E-state index contributed by atoms with van der Waals surface area (Å²) in [6, 6.07) is 11.9. The third kappa shape index (κ3) is 2.92. The molecular formula is C18H18N2O2. The molecule has 0 aliphatic carbocycles. The minimum Gasteiger partial charge on any atom is -0.491 e. The lowest BCUT2D eigenvalue weighted by atomic mass is 10.1. The lowest BCUT2D eigenvalue weighted by Gasteiger charge is -2.09. The van der Waals surface area contributed by atoms with Crippen LogP contribution in [0.2, 0.25) is 0 Å². The highest BCUT2D eigenvalue weighted by molar-refractivity contribution is 5.85. The predicted octanol–water partition coefficient (Wildman–Crippen LogP) is 3.28. The van der Waals surface area contributed by atoms with E-state index in [1.54, 1.807) is 0 Å². The second kappa shape index (κ2) is 6.12. The number of aromatic nitrogens is 2. The van der Waals surface area contributed by atoms with Crippen molar-refractivity contribution in [2.45, 2.75) is 13.8 Å². The second-order valence-electron chi connectivity index (χ2n) is 5.30. The zero-order valence-electron chi connectivity index (χ0n) is 12.7. The lowest BCUT2D eigenvalue weighted by Crippen LogP contribution is -2.01. The third-order valence-corrected chi connectivity index (χ3v) is 3.52. The molecule has 0 fully saturated rings. The van der Waals surface area contributed by atoms with Gasteiger partial charge in [-0.25, -0.2) is 4.98 Å². The van der Waals surface area contributed by atoms with Crippen LogP contribution in [0.1, 0.15) is 11.1 Å². The van der Waals surface area contributed by atoms with Crippen LogP contribution in [-0.4, -0.2) is 28.3 Å². The fourth-order valence-corrected chi connectivity index (χ4v) is 2.39. The molecule has 0 radical (unpaired) electrons. The van der Waals surface area contributed by atoms with Crippen LogP contribution in [0.3, 0.4) is 0 Å². The molecule has 0 aliphatic rings. The molecule has 2 heterocycles. The third-order valence-electron chi connectivity index (χ3n) is 3.52. The van der Waals surface area contributed by atoms with Gasteiger partial charge in [0.1, 0.15) is 12.4 Å². The summed E-state index contributed by atoms with van der Waals surface area (Å²) in [6.45, 7) is 4.36. The smallest absolute Gasteiger partial charge is 0.121 e. The van der Waals surface area contributed by atoms with E-state index >= 15 is 0 Å². The highest BCUT2D eigenvalue weighted by Gasteiger charge is 2.07. The van der Waals surface area contributed by atoms with Crippen molar-refractivity contribution in [2.75, 3.05) is 13.2 Å². The first-order valence-corrected chi connectivity index (χ1v) is 7.25. The molecule has 0 atom stereocenters. The number of aliphatic hydroxyl groups is 1. The fourth-order valence-electron chi connectivity index (χ4n) is 2.39. The van der Waals surface area contributed by atoms with E-state index in [-0.39, 0.29) is 13.2 Å². The van der Waals surface area contributed by atoms with Crippen molar-refractivity contribution >= 4 is 10.9 Å². The van der Waals surface area contributed by atoms with Gasteiger partial charge in [0.25, 0.3) is 0 Å².